The lowest BCUT2D eigenvalue weighted by atomic mass is 10.1. The van der Waals surface area contributed by atoms with Gasteiger partial charge in [-0.05, 0) is 43.3 Å². The van der Waals surface area contributed by atoms with Crippen molar-refractivity contribution in [2.45, 2.75) is 26.1 Å². The van der Waals surface area contributed by atoms with E-state index in [0.717, 1.165) is 17.7 Å². The van der Waals surface area contributed by atoms with E-state index in [1.165, 1.54) is 20.3 Å². The smallest absolute Gasteiger partial charge is 0.263 e. The standard InChI is InChI=1S/C26H24F2N2O5/c1-15-26(32)30(13-16-6-4-9-22(33-2)24(16)34-3)14-17-12-18(10-11-21(17)35-15)29-25(31)23-19(27)7-5-8-20(23)28/h4-12,15H,13-14H2,1-3H3,(H,29,31)/t15-/m0/s1. The average molecular weight is 482 g/mol. The number of nitrogens with zero attached hydrogens (tertiary/aromatic N) is 1. The van der Waals surface area contributed by atoms with E-state index in [-0.39, 0.29) is 19.0 Å². The number of hydrogen-bond acceptors (Lipinski definition) is 5. The molecule has 1 atom stereocenters. The summed E-state index contributed by atoms with van der Waals surface area (Å²) in [6, 6.07) is 13.4. The van der Waals surface area contributed by atoms with E-state index >= 15 is 0 Å². The lowest BCUT2D eigenvalue weighted by molar-refractivity contribution is -0.138. The van der Waals surface area contributed by atoms with Gasteiger partial charge < -0.3 is 24.4 Å². The van der Waals surface area contributed by atoms with Crippen LogP contribution in [0.3, 0.4) is 0 Å². The lowest BCUT2D eigenvalue weighted by Crippen LogP contribution is -2.37. The van der Waals surface area contributed by atoms with E-state index < -0.39 is 29.2 Å². The molecule has 9 heteroatoms. The minimum Gasteiger partial charge on any atom is -0.493 e. The van der Waals surface area contributed by atoms with Crippen LogP contribution in [0.2, 0.25) is 0 Å². The number of rotatable bonds is 6. The molecule has 4 rings (SSSR count). The molecule has 1 N–H and O–H groups in total. The van der Waals surface area contributed by atoms with Crippen LogP contribution in [0, 0.1) is 11.6 Å². The Balaban J connectivity index is 1.62. The molecule has 0 bridgehead atoms. The Kier molecular flexibility index (Phi) is 6.86. The Hall–Kier alpha value is -4.14. The summed E-state index contributed by atoms with van der Waals surface area (Å²) in [6.45, 7) is 2.06. The Morgan fingerprint density at radius 3 is 2.49 bits per heavy atom. The molecule has 0 fully saturated rings. The number of hydrogen-bond donors (Lipinski definition) is 1. The maximum Gasteiger partial charge on any atom is 0.263 e. The molecular formula is C26H24F2N2O5. The van der Waals surface area contributed by atoms with Crippen LogP contribution >= 0.6 is 0 Å². The Morgan fingerprint density at radius 2 is 1.80 bits per heavy atom. The van der Waals surface area contributed by atoms with Crippen molar-refractivity contribution in [1.82, 2.24) is 4.90 Å². The van der Waals surface area contributed by atoms with Crippen molar-refractivity contribution in [2.75, 3.05) is 19.5 Å². The zero-order valence-corrected chi connectivity index (χ0v) is 19.4. The molecule has 1 aliphatic rings. The van der Waals surface area contributed by atoms with Gasteiger partial charge in [-0.1, -0.05) is 18.2 Å². The third-order valence-corrected chi connectivity index (χ3v) is 5.68. The monoisotopic (exact) mass is 482 g/mol. The van der Waals surface area contributed by atoms with Crippen molar-refractivity contribution in [3.05, 3.63) is 82.9 Å². The molecule has 3 aromatic rings. The zero-order chi connectivity index (χ0) is 25.1. The van der Waals surface area contributed by atoms with Crippen LogP contribution in [0.4, 0.5) is 14.5 Å². The van der Waals surface area contributed by atoms with Crippen LogP contribution < -0.4 is 19.5 Å². The summed E-state index contributed by atoms with van der Waals surface area (Å²) >= 11 is 0. The largest absolute Gasteiger partial charge is 0.493 e. The molecule has 1 heterocycles. The predicted octanol–water partition coefficient (Wildman–Crippen LogP) is 4.54. The van der Waals surface area contributed by atoms with Crippen LogP contribution in [0.25, 0.3) is 0 Å². The number of fused-ring (bicyclic) bond motifs is 1. The number of amides is 2. The van der Waals surface area contributed by atoms with Gasteiger partial charge in [0.15, 0.2) is 17.6 Å². The third kappa shape index (κ3) is 4.89. The summed E-state index contributed by atoms with van der Waals surface area (Å²) in [6.07, 6.45) is -0.749. The maximum absolute atomic E-state index is 14.0. The Bertz CT molecular complexity index is 1260. The minimum absolute atomic E-state index is 0.177. The molecule has 0 spiro atoms. The summed E-state index contributed by atoms with van der Waals surface area (Å²) < 4.78 is 44.7. The number of nitrogens with one attached hydrogen (secondary N) is 1. The first kappa shape index (κ1) is 24.0. The predicted molar refractivity (Wildman–Crippen MR) is 125 cm³/mol. The number of carbonyl (C=O) groups excluding carboxylic acids is 2. The number of halogens is 2. The number of carbonyl (C=O) groups is 2. The van der Waals surface area contributed by atoms with Gasteiger partial charge in [0, 0.05) is 29.9 Å². The van der Waals surface area contributed by atoms with E-state index in [0.29, 0.717) is 28.5 Å². The molecule has 182 valence electrons. The van der Waals surface area contributed by atoms with E-state index in [4.69, 9.17) is 14.2 Å². The van der Waals surface area contributed by atoms with Crippen molar-refractivity contribution >= 4 is 17.5 Å². The van der Waals surface area contributed by atoms with Gasteiger partial charge in [0.1, 0.15) is 22.9 Å². The number of ether oxygens (including phenoxy) is 3. The third-order valence-electron chi connectivity index (χ3n) is 5.68. The topological polar surface area (TPSA) is 77.1 Å². The summed E-state index contributed by atoms with van der Waals surface area (Å²) in [5, 5.41) is 2.52. The highest BCUT2D eigenvalue weighted by Gasteiger charge is 2.29. The molecule has 0 radical (unpaired) electrons. The highest BCUT2D eigenvalue weighted by Crippen LogP contribution is 2.34. The van der Waals surface area contributed by atoms with Gasteiger partial charge in [-0.3, -0.25) is 9.59 Å². The van der Waals surface area contributed by atoms with Gasteiger partial charge in [-0.2, -0.15) is 0 Å². The van der Waals surface area contributed by atoms with Crippen LogP contribution in [0.1, 0.15) is 28.4 Å². The second-order valence-corrected chi connectivity index (χ2v) is 7.98. The SMILES string of the molecule is COc1cccc(CN2Cc3cc(NC(=O)c4c(F)cccc4F)ccc3O[C@@H](C)C2=O)c1OC. The molecule has 0 saturated carbocycles. The second kappa shape index (κ2) is 10.0. The fraction of sp³-hybridized carbons (Fsp3) is 0.231. The fourth-order valence-electron chi connectivity index (χ4n) is 4.00. The van der Waals surface area contributed by atoms with Gasteiger partial charge in [0.25, 0.3) is 11.8 Å². The molecule has 3 aromatic carbocycles. The highest BCUT2D eigenvalue weighted by molar-refractivity contribution is 6.04. The van der Waals surface area contributed by atoms with Crippen molar-refractivity contribution in [3.63, 3.8) is 0 Å². The summed E-state index contributed by atoms with van der Waals surface area (Å²) in [4.78, 5) is 27.2. The first-order chi connectivity index (χ1) is 16.8. The van der Waals surface area contributed by atoms with Crippen molar-refractivity contribution < 1.29 is 32.6 Å². The summed E-state index contributed by atoms with van der Waals surface area (Å²) in [7, 11) is 3.06. The molecule has 35 heavy (non-hydrogen) atoms. The van der Waals surface area contributed by atoms with Crippen LogP contribution in [-0.2, 0) is 17.9 Å². The van der Waals surface area contributed by atoms with Gasteiger partial charge >= 0.3 is 0 Å². The number of methoxy groups -OCH3 is 2. The zero-order valence-electron chi connectivity index (χ0n) is 19.4. The molecule has 0 unspecified atom stereocenters. The van der Waals surface area contributed by atoms with Crippen molar-refractivity contribution in [1.29, 1.82) is 0 Å². The quantitative estimate of drug-likeness (QED) is 0.558. The Labute approximate surface area is 201 Å². The van der Waals surface area contributed by atoms with Gasteiger partial charge in [-0.25, -0.2) is 8.78 Å². The lowest BCUT2D eigenvalue weighted by Gasteiger charge is -2.24. The molecule has 2 amide bonds. The van der Waals surface area contributed by atoms with E-state index in [1.54, 1.807) is 36.1 Å². The van der Waals surface area contributed by atoms with Crippen molar-refractivity contribution in [2.24, 2.45) is 0 Å². The van der Waals surface area contributed by atoms with Crippen LogP contribution in [0.5, 0.6) is 17.2 Å². The van der Waals surface area contributed by atoms with Crippen LogP contribution in [-0.4, -0.2) is 37.0 Å². The van der Waals surface area contributed by atoms with E-state index in [2.05, 4.69) is 5.32 Å². The van der Waals surface area contributed by atoms with Gasteiger partial charge in [0.2, 0.25) is 0 Å². The summed E-state index contributed by atoms with van der Waals surface area (Å²) in [5.74, 6) is -1.53. The Morgan fingerprint density at radius 1 is 1.09 bits per heavy atom. The van der Waals surface area contributed by atoms with Gasteiger partial charge in [-0.15, -0.1) is 0 Å². The molecule has 0 aromatic heterocycles. The normalized spacial score (nSPS) is 15.1. The highest BCUT2D eigenvalue weighted by atomic mass is 19.1. The maximum atomic E-state index is 14.0. The number of benzene rings is 3. The first-order valence-electron chi connectivity index (χ1n) is 10.9. The van der Waals surface area contributed by atoms with E-state index in [9.17, 15) is 18.4 Å². The molecular weight excluding hydrogens is 458 g/mol. The molecule has 1 aliphatic heterocycles. The van der Waals surface area contributed by atoms with E-state index in [1.807, 2.05) is 12.1 Å². The molecule has 7 nitrogen and oxygen atoms in total. The summed E-state index contributed by atoms with van der Waals surface area (Å²) in [5.41, 5.74) is 1.00. The fourth-order valence-corrected chi connectivity index (χ4v) is 4.00. The van der Waals surface area contributed by atoms with Crippen molar-refractivity contribution in [3.8, 4) is 17.2 Å². The average Bonchev–Trinajstić information content (AvgIpc) is 2.94. The molecule has 0 saturated heterocycles. The van der Waals surface area contributed by atoms with Gasteiger partial charge in [0.05, 0.1) is 14.2 Å². The first-order valence-corrected chi connectivity index (χ1v) is 10.9. The number of anilines is 1. The number of para-hydroxylation sites is 1. The second-order valence-electron chi connectivity index (χ2n) is 7.98. The van der Waals surface area contributed by atoms with Crippen LogP contribution in [0.15, 0.2) is 54.6 Å². The molecule has 0 aliphatic carbocycles. The minimum atomic E-state index is -0.960.